The Kier molecular flexibility index (Phi) is 6.78. The van der Waals surface area contributed by atoms with Crippen molar-refractivity contribution in [1.82, 2.24) is 15.5 Å². The van der Waals surface area contributed by atoms with Crippen molar-refractivity contribution in [2.45, 2.75) is 6.92 Å². The van der Waals surface area contributed by atoms with E-state index in [0.717, 1.165) is 11.3 Å². The Bertz CT molecular complexity index is 886. The third-order valence-corrected chi connectivity index (χ3v) is 3.78. The predicted molar refractivity (Wildman–Crippen MR) is 108 cm³/mol. The SMILES string of the molecule is CCOc1ccccc1NC(=O)NCCOc1ccc(-c2ccccc2)nn1. The van der Waals surface area contributed by atoms with Crippen LogP contribution in [0.1, 0.15) is 6.92 Å². The number of anilines is 1. The molecule has 3 rings (SSSR count). The van der Waals surface area contributed by atoms with E-state index in [4.69, 9.17) is 9.47 Å². The predicted octanol–water partition coefficient (Wildman–Crippen LogP) is 3.74. The molecule has 0 atom stereocenters. The molecule has 0 unspecified atom stereocenters. The normalized spacial score (nSPS) is 10.2. The summed E-state index contributed by atoms with van der Waals surface area (Å²) in [6.07, 6.45) is 0. The first-order valence-corrected chi connectivity index (χ1v) is 9.05. The molecule has 1 heterocycles. The minimum atomic E-state index is -0.332. The Hall–Kier alpha value is -3.61. The Morgan fingerprint density at radius 1 is 0.929 bits per heavy atom. The molecule has 0 aliphatic rings. The monoisotopic (exact) mass is 378 g/mol. The number of rotatable bonds is 8. The van der Waals surface area contributed by atoms with Crippen LogP contribution >= 0.6 is 0 Å². The number of para-hydroxylation sites is 2. The molecule has 3 aromatic rings. The molecule has 0 saturated heterocycles. The summed E-state index contributed by atoms with van der Waals surface area (Å²) in [6, 6.07) is 20.3. The van der Waals surface area contributed by atoms with Gasteiger partial charge >= 0.3 is 6.03 Å². The largest absolute Gasteiger partial charge is 0.492 e. The molecule has 0 bridgehead atoms. The van der Waals surface area contributed by atoms with Crippen molar-refractivity contribution < 1.29 is 14.3 Å². The lowest BCUT2D eigenvalue weighted by Crippen LogP contribution is -2.32. The zero-order chi connectivity index (χ0) is 19.6. The first kappa shape index (κ1) is 19.2. The van der Waals surface area contributed by atoms with Crippen molar-refractivity contribution in [3.63, 3.8) is 0 Å². The summed E-state index contributed by atoms with van der Waals surface area (Å²) < 4.78 is 11.0. The van der Waals surface area contributed by atoms with Crippen molar-refractivity contribution in [3.05, 3.63) is 66.7 Å². The number of carbonyl (C=O) groups excluding carboxylic acids is 1. The number of nitrogens with zero attached hydrogens (tertiary/aromatic N) is 2. The summed E-state index contributed by atoms with van der Waals surface area (Å²) in [7, 11) is 0. The quantitative estimate of drug-likeness (QED) is 0.583. The zero-order valence-corrected chi connectivity index (χ0v) is 15.6. The van der Waals surface area contributed by atoms with E-state index in [2.05, 4.69) is 20.8 Å². The van der Waals surface area contributed by atoms with Crippen molar-refractivity contribution in [2.75, 3.05) is 25.1 Å². The van der Waals surface area contributed by atoms with Gasteiger partial charge in [0.15, 0.2) is 0 Å². The van der Waals surface area contributed by atoms with Gasteiger partial charge < -0.3 is 20.1 Å². The van der Waals surface area contributed by atoms with Gasteiger partial charge in [-0.05, 0) is 25.1 Å². The second kappa shape index (κ2) is 9.91. The molecule has 144 valence electrons. The minimum Gasteiger partial charge on any atom is -0.492 e. The van der Waals surface area contributed by atoms with Crippen molar-refractivity contribution in [2.24, 2.45) is 0 Å². The van der Waals surface area contributed by atoms with Crippen LogP contribution in [0, 0.1) is 0 Å². The summed E-state index contributed by atoms with van der Waals surface area (Å²) >= 11 is 0. The zero-order valence-electron chi connectivity index (χ0n) is 15.6. The van der Waals surface area contributed by atoms with Gasteiger partial charge in [-0.2, -0.15) is 0 Å². The van der Waals surface area contributed by atoms with E-state index in [1.165, 1.54) is 0 Å². The summed E-state index contributed by atoms with van der Waals surface area (Å²) in [5.41, 5.74) is 2.38. The number of nitrogens with one attached hydrogen (secondary N) is 2. The molecule has 0 spiro atoms. The van der Waals surface area contributed by atoms with Gasteiger partial charge in [-0.3, -0.25) is 0 Å². The third kappa shape index (κ3) is 5.44. The van der Waals surface area contributed by atoms with E-state index in [9.17, 15) is 4.79 Å². The van der Waals surface area contributed by atoms with Crippen LogP contribution < -0.4 is 20.1 Å². The van der Waals surface area contributed by atoms with Crippen LogP contribution in [0.15, 0.2) is 66.7 Å². The lowest BCUT2D eigenvalue weighted by molar-refractivity contribution is 0.246. The first-order valence-electron chi connectivity index (χ1n) is 9.05. The molecule has 0 fully saturated rings. The summed E-state index contributed by atoms with van der Waals surface area (Å²) in [4.78, 5) is 12.0. The smallest absolute Gasteiger partial charge is 0.319 e. The fraction of sp³-hybridized carbons (Fsp3) is 0.190. The number of benzene rings is 2. The Balaban J connectivity index is 1.43. The molecule has 2 aromatic carbocycles. The number of hydrogen-bond acceptors (Lipinski definition) is 5. The van der Waals surface area contributed by atoms with Crippen molar-refractivity contribution >= 4 is 11.7 Å². The number of amides is 2. The highest BCUT2D eigenvalue weighted by atomic mass is 16.5. The van der Waals surface area contributed by atoms with E-state index in [1.54, 1.807) is 18.2 Å². The highest BCUT2D eigenvalue weighted by molar-refractivity contribution is 5.90. The first-order chi connectivity index (χ1) is 13.8. The number of ether oxygens (including phenoxy) is 2. The maximum Gasteiger partial charge on any atom is 0.319 e. The summed E-state index contributed by atoms with van der Waals surface area (Å²) in [5.74, 6) is 1.04. The lowest BCUT2D eigenvalue weighted by Gasteiger charge is -2.12. The van der Waals surface area contributed by atoms with Crippen LogP contribution in [0.2, 0.25) is 0 Å². The highest BCUT2D eigenvalue weighted by Crippen LogP contribution is 2.23. The van der Waals surface area contributed by atoms with Crippen LogP contribution in [0.3, 0.4) is 0 Å². The van der Waals surface area contributed by atoms with Gasteiger partial charge in [0.2, 0.25) is 5.88 Å². The third-order valence-electron chi connectivity index (χ3n) is 3.78. The van der Waals surface area contributed by atoms with E-state index in [0.29, 0.717) is 30.5 Å². The maximum absolute atomic E-state index is 12.0. The van der Waals surface area contributed by atoms with E-state index < -0.39 is 0 Å². The maximum atomic E-state index is 12.0. The second-order valence-corrected chi connectivity index (χ2v) is 5.78. The van der Waals surface area contributed by atoms with Gasteiger partial charge in [0.25, 0.3) is 0 Å². The van der Waals surface area contributed by atoms with Gasteiger partial charge in [0, 0.05) is 11.6 Å². The number of carbonyl (C=O) groups is 1. The standard InChI is InChI=1S/C21H22N4O3/c1-2-27-19-11-7-6-10-18(19)23-21(26)22-14-15-28-20-13-12-17(24-25-20)16-8-4-3-5-9-16/h3-13H,2,14-15H2,1H3,(H2,22,23,26). The average Bonchev–Trinajstić information content (AvgIpc) is 2.74. The highest BCUT2D eigenvalue weighted by Gasteiger charge is 2.07. The molecule has 28 heavy (non-hydrogen) atoms. The lowest BCUT2D eigenvalue weighted by atomic mass is 10.1. The number of aromatic nitrogens is 2. The molecule has 2 amide bonds. The van der Waals surface area contributed by atoms with Gasteiger partial charge in [0.05, 0.1) is 24.5 Å². The van der Waals surface area contributed by atoms with Crippen LogP contribution in [0.5, 0.6) is 11.6 Å². The van der Waals surface area contributed by atoms with Crippen LogP contribution in [0.4, 0.5) is 10.5 Å². The number of urea groups is 1. The van der Waals surface area contributed by atoms with Gasteiger partial charge in [-0.15, -0.1) is 10.2 Å². The van der Waals surface area contributed by atoms with Crippen LogP contribution in [-0.2, 0) is 0 Å². The molecular formula is C21H22N4O3. The van der Waals surface area contributed by atoms with Crippen LogP contribution in [-0.4, -0.2) is 36.0 Å². The van der Waals surface area contributed by atoms with E-state index >= 15 is 0 Å². The van der Waals surface area contributed by atoms with Crippen molar-refractivity contribution in [1.29, 1.82) is 0 Å². The molecular weight excluding hydrogens is 356 g/mol. The molecule has 7 nitrogen and oxygen atoms in total. The fourth-order valence-corrected chi connectivity index (χ4v) is 2.50. The van der Waals surface area contributed by atoms with Gasteiger partial charge in [-0.1, -0.05) is 42.5 Å². The molecule has 2 N–H and O–H groups in total. The Morgan fingerprint density at radius 3 is 2.46 bits per heavy atom. The topological polar surface area (TPSA) is 85.4 Å². The summed E-state index contributed by atoms with van der Waals surface area (Å²) in [6.45, 7) is 3.02. The molecule has 0 radical (unpaired) electrons. The van der Waals surface area contributed by atoms with Crippen molar-refractivity contribution in [3.8, 4) is 22.9 Å². The molecule has 1 aromatic heterocycles. The molecule has 0 saturated carbocycles. The average molecular weight is 378 g/mol. The van der Waals surface area contributed by atoms with E-state index in [-0.39, 0.29) is 12.6 Å². The Labute approximate surface area is 163 Å². The minimum absolute atomic E-state index is 0.278. The molecule has 0 aliphatic carbocycles. The van der Waals surface area contributed by atoms with Gasteiger partial charge in [0.1, 0.15) is 12.4 Å². The molecule has 0 aliphatic heterocycles. The fourth-order valence-electron chi connectivity index (χ4n) is 2.50. The van der Waals surface area contributed by atoms with E-state index in [1.807, 2.05) is 55.5 Å². The molecule has 7 heteroatoms. The van der Waals surface area contributed by atoms with Gasteiger partial charge in [-0.25, -0.2) is 4.79 Å². The summed E-state index contributed by atoms with van der Waals surface area (Å²) in [5, 5.41) is 13.7. The second-order valence-electron chi connectivity index (χ2n) is 5.78. The number of hydrogen-bond donors (Lipinski definition) is 2. The van der Waals surface area contributed by atoms with Crippen LogP contribution in [0.25, 0.3) is 11.3 Å². The Morgan fingerprint density at radius 2 is 1.71 bits per heavy atom.